The molecule has 0 N–H and O–H groups in total. The first-order valence-corrected chi connectivity index (χ1v) is 12.0. The normalized spacial score (nSPS) is 27.3. The second kappa shape index (κ2) is 9.65. The second-order valence-corrected chi connectivity index (χ2v) is 10.4. The summed E-state index contributed by atoms with van der Waals surface area (Å²) in [4.78, 5) is 0. The van der Waals surface area contributed by atoms with Gasteiger partial charge in [-0.3, -0.25) is 0 Å². The van der Waals surface area contributed by atoms with Crippen LogP contribution in [0.3, 0.4) is 0 Å². The van der Waals surface area contributed by atoms with Gasteiger partial charge in [0.05, 0.1) is 37.6 Å². The lowest BCUT2D eigenvalue weighted by atomic mass is 9.73. The molecule has 180 valence electrons. The Hall–Kier alpha value is -2.08. The molecule has 0 radical (unpaired) electrons. The number of hydrogen-bond acceptors (Lipinski definition) is 5. The van der Waals surface area contributed by atoms with E-state index < -0.39 is 0 Å². The van der Waals surface area contributed by atoms with Crippen LogP contribution in [0.25, 0.3) is 0 Å². The predicted octanol–water partition coefficient (Wildman–Crippen LogP) is 6.13. The van der Waals surface area contributed by atoms with Crippen molar-refractivity contribution in [2.75, 3.05) is 26.4 Å². The Morgan fingerprint density at radius 2 is 0.970 bits per heavy atom. The maximum atomic E-state index is 5.91. The van der Waals surface area contributed by atoms with Crippen LogP contribution in [0.5, 0.6) is 11.5 Å². The Balaban J connectivity index is 1.09. The molecule has 33 heavy (non-hydrogen) atoms. The minimum atomic E-state index is 0.156. The molecule has 0 aliphatic carbocycles. The first kappa shape index (κ1) is 24.1. The van der Waals surface area contributed by atoms with Gasteiger partial charge in [-0.1, -0.05) is 52.0 Å². The zero-order chi connectivity index (χ0) is 23.6. The van der Waals surface area contributed by atoms with Crippen molar-refractivity contribution >= 4 is 0 Å². The highest BCUT2D eigenvalue weighted by molar-refractivity contribution is 5.31. The lowest BCUT2D eigenvalue weighted by molar-refractivity contribution is -0.230. The monoisotopic (exact) mass is 454 g/mol. The largest absolute Gasteiger partial charge is 0.491 e. The Bertz CT molecular complexity index is 827. The molecule has 0 amide bonds. The van der Waals surface area contributed by atoms with Gasteiger partial charge in [0.1, 0.15) is 24.7 Å². The first-order valence-electron chi connectivity index (χ1n) is 12.0. The van der Waals surface area contributed by atoms with E-state index in [0.717, 1.165) is 11.5 Å². The minimum absolute atomic E-state index is 0.156. The number of rotatable bonds is 10. The first-order chi connectivity index (χ1) is 15.7. The summed E-state index contributed by atoms with van der Waals surface area (Å²) in [5.74, 6) is 1.69. The zero-order valence-corrected chi connectivity index (χ0v) is 20.8. The Morgan fingerprint density at radius 3 is 1.27 bits per heavy atom. The van der Waals surface area contributed by atoms with Crippen molar-refractivity contribution in [1.82, 2.24) is 0 Å². The van der Waals surface area contributed by atoms with E-state index in [4.69, 9.17) is 23.7 Å². The van der Waals surface area contributed by atoms with Crippen molar-refractivity contribution < 1.29 is 23.7 Å². The maximum absolute atomic E-state index is 5.91. The van der Waals surface area contributed by atoms with Gasteiger partial charge in [-0.25, -0.2) is 0 Å². The molecule has 2 saturated heterocycles. The van der Waals surface area contributed by atoms with Crippen LogP contribution in [0.2, 0.25) is 0 Å². The fourth-order valence-electron chi connectivity index (χ4n) is 4.42. The second-order valence-electron chi connectivity index (χ2n) is 10.4. The number of hydrogen-bond donors (Lipinski definition) is 0. The number of ether oxygens (including phenoxy) is 5. The molecule has 4 atom stereocenters. The topological polar surface area (TPSA) is 46.2 Å². The molecule has 2 aromatic carbocycles. The molecule has 2 aromatic rings. The van der Waals surface area contributed by atoms with Crippen LogP contribution in [0, 0.1) is 10.8 Å². The summed E-state index contributed by atoms with van der Waals surface area (Å²) < 4.78 is 29.0. The molecule has 0 saturated carbocycles. The smallest absolute Gasteiger partial charge is 0.119 e. The van der Waals surface area contributed by atoms with Gasteiger partial charge in [0.25, 0.3) is 0 Å². The fraction of sp³-hybridized carbons (Fsp3) is 0.571. The van der Waals surface area contributed by atoms with Crippen LogP contribution in [0.1, 0.15) is 64.9 Å². The van der Waals surface area contributed by atoms with Crippen LogP contribution < -0.4 is 9.47 Å². The van der Waals surface area contributed by atoms with Crippen LogP contribution >= 0.6 is 0 Å². The van der Waals surface area contributed by atoms with Gasteiger partial charge in [0.15, 0.2) is 0 Å². The van der Waals surface area contributed by atoms with Gasteiger partial charge in [0.2, 0.25) is 0 Å². The summed E-state index contributed by atoms with van der Waals surface area (Å²) in [6.07, 6.45) is 0.890. The van der Waals surface area contributed by atoms with E-state index in [-0.39, 0.29) is 35.2 Å². The molecule has 5 nitrogen and oxygen atoms in total. The summed E-state index contributed by atoms with van der Waals surface area (Å²) in [5, 5.41) is 0. The summed E-state index contributed by atoms with van der Waals surface area (Å²) in [6.45, 7) is 15.3. The van der Waals surface area contributed by atoms with Crippen LogP contribution in [-0.4, -0.2) is 38.6 Å². The average molecular weight is 455 g/mol. The molecule has 2 fully saturated rings. The maximum Gasteiger partial charge on any atom is 0.119 e. The van der Waals surface area contributed by atoms with Crippen LogP contribution in [-0.2, 0) is 14.2 Å². The number of benzene rings is 2. The van der Waals surface area contributed by atoms with E-state index in [9.17, 15) is 0 Å². The van der Waals surface area contributed by atoms with Gasteiger partial charge in [-0.2, -0.15) is 0 Å². The summed E-state index contributed by atoms with van der Waals surface area (Å²) in [7, 11) is 0. The summed E-state index contributed by atoms with van der Waals surface area (Å²) >= 11 is 0. The Labute approximate surface area is 198 Å². The third kappa shape index (κ3) is 5.06. The third-order valence-electron chi connectivity index (χ3n) is 7.49. The van der Waals surface area contributed by atoms with Crippen molar-refractivity contribution in [2.45, 2.75) is 66.0 Å². The quantitative estimate of drug-likeness (QED) is 0.404. The minimum Gasteiger partial charge on any atom is -0.491 e. The van der Waals surface area contributed by atoms with E-state index >= 15 is 0 Å². The van der Waals surface area contributed by atoms with Crippen LogP contribution in [0.4, 0.5) is 0 Å². The van der Waals surface area contributed by atoms with E-state index in [0.29, 0.717) is 26.4 Å². The van der Waals surface area contributed by atoms with Crippen molar-refractivity contribution in [3.63, 3.8) is 0 Å². The van der Waals surface area contributed by atoms with Crippen LogP contribution in [0.15, 0.2) is 48.5 Å². The molecule has 2 aliphatic heterocycles. The van der Waals surface area contributed by atoms with E-state index in [1.165, 1.54) is 11.1 Å². The van der Waals surface area contributed by atoms with E-state index in [1.54, 1.807) is 0 Å². The molecule has 4 unspecified atom stereocenters. The SMILES string of the molecule is CC1OC(c2ccc(OCCOCCOc3ccc(C4OC(C)C4(C)C)cc3)cc2)C1(C)C. The van der Waals surface area contributed by atoms with Gasteiger partial charge in [-0.05, 0) is 49.2 Å². The molecule has 0 bridgehead atoms. The predicted molar refractivity (Wildman–Crippen MR) is 129 cm³/mol. The highest BCUT2D eigenvalue weighted by Crippen LogP contribution is 2.51. The highest BCUT2D eigenvalue weighted by Gasteiger charge is 2.48. The van der Waals surface area contributed by atoms with Crippen molar-refractivity contribution in [3.05, 3.63) is 59.7 Å². The molecule has 4 rings (SSSR count). The summed E-state index contributed by atoms with van der Waals surface area (Å²) in [6, 6.07) is 16.4. The van der Waals surface area contributed by atoms with E-state index in [2.05, 4.69) is 65.8 Å². The standard InChI is InChI=1S/C28H38O5/c1-19-27(3,4)25(32-19)21-7-11-23(12-8-21)30-17-15-29-16-18-31-24-13-9-22(10-14-24)26-28(5,6)20(2)33-26/h7-14,19-20,25-26H,15-18H2,1-6H3. The molecule has 5 heteroatoms. The molecular weight excluding hydrogens is 416 g/mol. The molecule has 0 aromatic heterocycles. The lowest BCUT2D eigenvalue weighted by Gasteiger charge is -2.50. The fourth-order valence-corrected chi connectivity index (χ4v) is 4.42. The van der Waals surface area contributed by atoms with Gasteiger partial charge in [0, 0.05) is 10.8 Å². The van der Waals surface area contributed by atoms with Gasteiger partial charge in [-0.15, -0.1) is 0 Å². The molecule has 2 heterocycles. The van der Waals surface area contributed by atoms with Crippen molar-refractivity contribution in [2.24, 2.45) is 10.8 Å². The Kier molecular flexibility index (Phi) is 7.04. The van der Waals surface area contributed by atoms with Crippen molar-refractivity contribution in [3.8, 4) is 11.5 Å². The zero-order valence-electron chi connectivity index (χ0n) is 20.8. The summed E-state index contributed by atoms with van der Waals surface area (Å²) in [5.41, 5.74) is 2.73. The van der Waals surface area contributed by atoms with E-state index in [1.807, 2.05) is 24.3 Å². The van der Waals surface area contributed by atoms with Gasteiger partial charge >= 0.3 is 0 Å². The molecule has 2 aliphatic rings. The highest BCUT2D eigenvalue weighted by atomic mass is 16.5. The van der Waals surface area contributed by atoms with Gasteiger partial charge < -0.3 is 23.7 Å². The lowest BCUT2D eigenvalue weighted by Crippen LogP contribution is -2.48. The average Bonchev–Trinajstić information content (AvgIpc) is 2.81. The Morgan fingerprint density at radius 1 is 0.606 bits per heavy atom. The third-order valence-corrected chi connectivity index (χ3v) is 7.49. The molecular formula is C28H38O5. The molecule has 0 spiro atoms. The van der Waals surface area contributed by atoms with Crippen molar-refractivity contribution in [1.29, 1.82) is 0 Å².